The minimum Gasteiger partial charge on any atom is -0.479 e. The highest BCUT2D eigenvalue weighted by atomic mass is 16.4. The highest BCUT2D eigenvalue weighted by molar-refractivity contribution is 5.87. The standard InChI is InChI=1S/C4H8N2O4/c5-1(3(6)8)2(7)4(9)10/h1-2,7H,5H2,(H2,6,8)(H,9,10). The SMILES string of the molecule is NC(=O)C(N)C(O)C(=O)O. The van der Waals surface area contributed by atoms with Crippen molar-refractivity contribution >= 4 is 11.9 Å². The summed E-state index contributed by atoms with van der Waals surface area (Å²) in [6.45, 7) is 0. The van der Waals surface area contributed by atoms with Crippen molar-refractivity contribution in [1.82, 2.24) is 0 Å². The zero-order chi connectivity index (χ0) is 8.31. The molecule has 0 saturated heterocycles. The van der Waals surface area contributed by atoms with Crippen LogP contribution in [0.3, 0.4) is 0 Å². The van der Waals surface area contributed by atoms with Crippen LogP contribution in [0.15, 0.2) is 0 Å². The van der Waals surface area contributed by atoms with Gasteiger partial charge in [-0.2, -0.15) is 0 Å². The first kappa shape index (κ1) is 8.86. The van der Waals surface area contributed by atoms with E-state index in [9.17, 15) is 9.59 Å². The van der Waals surface area contributed by atoms with Crippen LogP contribution in [0.4, 0.5) is 0 Å². The third-order valence-corrected chi connectivity index (χ3v) is 0.922. The van der Waals surface area contributed by atoms with Crippen LogP contribution in [-0.2, 0) is 9.59 Å². The van der Waals surface area contributed by atoms with E-state index in [1.807, 2.05) is 0 Å². The summed E-state index contributed by atoms with van der Waals surface area (Å²) < 4.78 is 0. The number of hydrogen-bond donors (Lipinski definition) is 4. The maximum absolute atomic E-state index is 10.1. The molecule has 0 aromatic carbocycles. The van der Waals surface area contributed by atoms with Gasteiger partial charge in [-0.15, -0.1) is 0 Å². The lowest BCUT2D eigenvalue weighted by atomic mass is 10.2. The Balaban J connectivity index is 4.07. The van der Waals surface area contributed by atoms with E-state index in [1.54, 1.807) is 0 Å². The maximum atomic E-state index is 10.1. The Morgan fingerprint density at radius 2 is 1.80 bits per heavy atom. The molecule has 10 heavy (non-hydrogen) atoms. The molecule has 0 fully saturated rings. The number of aliphatic hydroxyl groups excluding tert-OH is 1. The molecule has 0 rings (SSSR count). The highest BCUT2D eigenvalue weighted by Gasteiger charge is 2.26. The second-order valence-corrected chi connectivity index (χ2v) is 1.71. The van der Waals surface area contributed by atoms with Gasteiger partial charge in [0.05, 0.1) is 0 Å². The lowest BCUT2D eigenvalue weighted by Crippen LogP contribution is -2.49. The molecule has 0 radical (unpaired) electrons. The van der Waals surface area contributed by atoms with Gasteiger partial charge in [-0.25, -0.2) is 4.79 Å². The normalized spacial score (nSPS) is 15.8. The highest BCUT2D eigenvalue weighted by Crippen LogP contribution is 1.88. The number of nitrogens with two attached hydrogens (primary N) is 2. The van der Waals surface area contributed by atoms with E-state index in [2.05, 4.69) is 5.73 Å². The average molecular weight is 148 g/mol. The van der Waals surface area contributed by atoms with Crippen molar-refractivity contribution in [3.8, 4) is 0 Å². The van der Waals surface area contributed by atoms with Gasteiger partial charge in [0.2, 0.25) is 5.91 Å². The lowest BCUT2D eigenvalue weighted by Gasteiger charge is -2.09. The van der Waals surface area contributed by atoms with E-state index in [0.717, 1.165) is 0 Å². The molecule has 0 aliphatic carbocycles. The number of primary amides is 1. The Morgan fingerprint density at radius 3 is 1.90 bits per heavy atom. The van der Waals surface area contributed by atoms with Crippen LogP contribution in [0.2, 0.25) is 0 Å². The summed E-state index contributed by atoms with van der Waals surface area (Å²) in [5, 5.41) is 16.6. The number of carbonyl (C=O) groups is 2. The maximum Gasteiger partial charge on any atom is 0.334 e. The Bertz CT molecular complexity index is 139. The Kier molecular flexibility index (Phi) is 2.78. The van der Waals surface area contributed by atoms with Crippen molar-refractivity contribution in [2.24, 2.45) is 11.5 Å². The predicted molar refractivity (Wildman–Crippen MR) is 30.8 cm³/mol. The van der Waals surface area contributed by atoms with Crippen LogP contribution in [-0.4, -0.2) is 34.2 Å². The van der Waals surface area contributed by atoms with E-state index in [-0.39, 0.29) is 0 Å². The molecular formula is C4H8N2O4. The topological polar surface area (TPSA) is 127 Å². The van der Waals surface area contributed by atoms with E-state index in [1.165, 1.54) is 0 Å². The van der Waals surface area contributed by atoms with Crippen molar-refractivity contribution in [3.63, 3.8) is 0 Å². The van der Waals surface area contributed by atoms with Crippen molar-refractivity contribution in [2.45, 2.75) is 12.1 Å². The fourth-order valence-corrected chi connectivity index (χ4v) is 0.309. The van der Waals surface area contributed by atoms with Crippen molar-refractivity contribution in [2.75, 3.05) is 0 Å². The molecule has 0 heterocycles. The fourth-order valence-electron chi connectivity index (χ4n) is 0.309. The van der Waals surface area contributed by atoms with E-state index >= 15 is 0 Å². The van der Waals surface area contributed by atoms with Gasteiger partial charge in [0.25, 0.3) is 0 Å². The van der Waals surface area contributed by atoms with Crippen LogP contribution >= 0.6 is 0 Å². The molecule has 6 heteroatoms. The molecule has 1 amide bonds. The number of carboxylic acid groups (broad SMARTS) is 1. The molecule has 0 spiro atoms. The number of aliphatic carboxylic acids is 1. The van der Waals surface area contributed by atoms with Gasteiger partial charge in [0, 0.05) is 0 Å². The molecule has 2 atom stereocenters. The predicted octanol–water partition coefficient (Wildman–Crippen LogP) is -2.76. The number of amides is 1. The zero-order valence-corrected chi connectivity index (χ0v) is 5.02. The van der Waals surface area contributed by atoms with Crippen LogP contribution < -0.4 is 11.5 Å². The molecule has 0 aromatic heterocycles. The quantitative estimate of drug-likeness (QED) is 0.345. The first-order valence-corrected chi connectivity index (χ1v) is 2.42. The summed E-state index contributed by atoms with van der Waals surface area (Å²) in [5.41, 5.74) is 9.44. The molecule has 0 saturated carbocycles. The summed E-state index contributed by atoms with van der Waals surface area (Å²) in [6, 6.07) is -1.54. The number of hydrogen-bond acceptors (Lipinski definition) is 4. The molecule has 6 N–H and O–H groups in total. The molecule has 0 aliphatic heterocycles. The van der Waals surface area contributed by atoms with Gasteiger partial charge >= 0.3 is 5.97 Å². The lowest BCUT2D eigenvalue weighted by molar-refractivity contribution is -0.149. The second-order valence-electron chi connectivity index (χ2n) is 1.71. The first-order chi connectivity index (χ1) is 4.46. The van der Waals surface area contributed by atoms with Gasteiger partial charge in [0.1, 0.15) is 6.04 Å². The smallest absolute Gasteiger partial charge is 0.334 e. The molecule has 0 aliphatic rings. The van der Waals surface area contributed by atoms with Crippen molar-refractivity contribution < 1.29 is 19.8 Å². The number of carboxylic acids is 1. The minimum atomic E-state index is -1.92. The largest absolute Gasteiger partial charge is 0.479 e. The van der Waals surface area contributed by atoms with Crippen molar-refractivity contribution in [1.29, 1.82) is 0 Å². The molecule has 58 valence electrons. The molecule has 6 nitrogen and oxygen atoms in total. The molecule has 0 bridgehead atoms. The molecular weight excluding hydrogens is 140 g/mol. The summed E-state index contributed by atoms with van der Waals surface area (Å²) in [4.78, 5) is 20.0. The number of carbonyl (C=O) groups excluding carboxylic acids is 1. The van der Waals surface area contributed by atoms with Crippen LogP contribution in [0.1, 0.15) is 0 Å². The summed E-state index contributed by atoms with van der Waals surface area (Å²) >= 11 is 0. The fraction of sp³-hybridized carbons (Fsp3) is 0.500. The minimum absolute atomic E-state index is 1.05. The van der Waals surface area contributed by atoms with Crippen LogP contribution in [0.25, 0.3) is 0 Å². The van der Waals surface area contributed by atoms with E-state index in [0.29, 0.717) is 0 Å². The third-order valence-electron chi connectivity index (χ3n) is 0.922. The second kappa shape index (κ2) is 3.14. The monoisotopic (exact) mass is 148 g/mol. The Labute approximate surface area is 56.4 Å². The van der Waals surface area contributed by atoms with Gasteiger partial charge in [-0.05, 0) is 0 Å². The van der Waals surface area contributed by atoms with E-state index in [4.69, 9.17) is 15.9 Å². The zero-order valence-electron chi connectivity index (χ0n) is 5.02. The Hall–Kier alpha value is -1.14. The van der Waals surface area contributed by atoms with Gasteiger partial charge in [-0.1, -0.05) is 0 Å². The van der Waals surface area contributed by atoms with Gasteiger partial charge < -0.3 is 21.7 Å². The van der Waals surface area contributed by atoms with E-state index < -0.39 is 24.0 Å². The van der Waals surface area contributed by atoms with Gasteiger partial charge in [0.15, 0.2) is 6.10 Å². The molecule has 2 unspecified atom stereocenters. The van der Waals surface area contributed by atoms with Crippen molar-refractivity contribution in [3.05, 3.63) is 0 Å². The number of aliphatic hydroxyl groups is 1. The summed E-state index contributed by atoms with van der Waals surface area (Å²) in [5.74, 6) is -2.61. The first-order valence-electron chi connectivity index (χ1n) is 2.42. The van der Waals surface area contributed by atoms with Crippen LogP contribution in [0.5, 0.6) is 0 Å². The Morgan fingerprint density at radius 1 is 1.40 bits per heavy atom. The molecule has 0 aromatic rings. The van der Waals surface area contributed by atoms with Crippen LogP contribution in [0, 0.1) is 0 Å². The third kappa shape index (κ3) is 2.00. The van der Waals surface area contributed by atoms with Gasteiger partial charge in [-0.3, -0.25) is 4.79 Å². The summed E-state index contributed by atoms with van der Waals surface area (Å²) in [6.07, 6.45) is -1.92. The average Bonchev–Trinajstić information content (AvgIpc) is 1.84. The number of rotatable bonds is 3. The summed E-state index contributed by atoms with van der Waals surface area (Å²) in [7, 11) is 0.